The van der Waals surface area contributed by atoms with Crippen LogP contribution in [0.15, 0.2) is 47.3 Å². The van der Waals surface area contributed by atoms with Gasteiger partial charge in [0.15, 0.2) is 5.76 Å². The minimum atomic E-state index is -0.152. The SMILES string of the molecule is Cn1cncc1C(=O)c1cc2ccccc2o1. The number of carbonyl (C=O) groups is 1. The Balaban J connectivity index is 2.10. The summed E-state index contributed by atoms with van der Waals surface area (Å²) >= 11 is 0. The Morgan fingerprint density at radius 2 is 2.18 bits per heavy atom. The van der Waals surface area contributed by atoms with Crippen molar-refractivity contribution in [3.05, 3.63) is 54.3 Å². The lowest BCUT2D eigenvalue weighted by molar-refractivity contribution is 0.100. The lowest BCUT2D eigenvalue weighted by atomic mass is 10.2. The van der Waals surface area contributed by atoms with E-state index in [9.17, 15) is 4.79 Å². The van der Waals surface area contributed by atoms with Crippen molar-refractivity contribution >= 4 is 16.8 Å². The zero-order chi connectivity index (χ0) is 11.8. The molecule has 0 N–H and O–H groups in total. The number of imidazole rings is 1. The van der Waals surface area contributed by atoms with Crippen LogP contribution >= 0.6 is 0 Å². The number of benzene rings is 1. The van der Waals surface area contributed by atoms with E-state index in [0.29, 0.717) is 11.5 Å². The first-order valence-corrected chi connectivity index (χ1v) is 5.25. The van der Waals surface area contributed by atoms with Gasteiger partial charge in [0.2, 0.25) is 5.78 Å². The zero-order valence-electron chi connectivity index (χ0n) is 9.25. The number of fused-ring (bicyclic) bond motifs is 1. The molecule has 0 saturated carbocycles. The largest absolute Gasteiger partial charge is 0.453 e. The molecule has 0 unspecified atom stereocenters. The molecule has 0 amide bonds. The predicted octanol–water partition coefficient (Wildman–Crippen LogP) is 2.40. The molecular weight excluding hydrogens is 216 g/mol. The number of ketones is 1. The van der Waals surface area contributed by atoms with Crippen molar-refractivity contribution < 1.29 is 9.21 Å². The van der Waals surface area contributed by atoms with Crippen LogP contribution < -0.4 is 0 Å². The number of carbonyl (C=O) groups excluding carboxylic acids is 1. The molecule has 0 atom stereocenters. The van der Waals surface area contributed by atoms with Crippen molar-refractivity contribution in [1.82, 2.24) is 9.55 Å². The first kappa shape index (κ1) is 9.84. The van der Waals surface area contributed by atoms with Gasteiger partial charge in [-0.1, -0.05) is 18.2 Å². The molecular formula is C13H10N2O2. The summed E-state index contributed by atoms with van der Waals surface area (Å²) in [5.41, 5.74) is 1.24. The summed E-state index contributed by atoms with van der Waals surface area (Å²) in [6, 6.07) is 9.30. The van der Waals surface area contributed by atoms with Gasteiger partial charge in [0.25, 0.3) is 0 Å². The van der Waals surface area contributed by atoms with Crippen molar-refractivity contribution in [3.8, 4) is 0 Å². The second kappa shape index (κ2) is 3.59. The van der Waals surface area contributed by atoms with Gasteiger partial charge in [0.05, 0.1) is 12.5 Å². The van der Waals surface area contributed by atoms with Crippen molar-refractivity contribution in [1.29, 1.82) is 0 Å². The minimum Gasteiger partial charge on any atom is -0.453 e. The summed E-state index contributed by atoms with van der Waals surface area (Å²) in [7, 11) is 1.78. The second-order valence-electron chi connectivity index (χ2n) is 3.87. The van der Waals surface area contributed by atoms with Crippen LogP contribution in [0.5, 0.6) is 0 Å². The fourth-order valence-electron chi connectivity index (χ4n) is 1.80. The van der Waals surface area contributed by atoms with Crippen molar-refractivity contribution in [2.24, 2.45) is 7.05 Å². The van der Waals surface area contributed by atoms with Gasteiger partial charge in [0.1, 0.15) is 11.3 Å². The van der Waals surface area contributed by atoms with Crippen LogP contribution in [-0.2, 0) is 7.05 Å². The van der Waals surface area contributed by atoms with Crippen LogP contribution in [0.1, 0.15) is 16.2 Å². The molecule has 0 fully saturated rings. The molecule has 1 aromatic carbocycles. The number of hydrogen-bond acceptors (Lipinski definition) is 3. The van der Waals surface area contributed by atoms with E-state index in [1.54, 1.807) is 24.0 Å². The number of rotatable bonds is 2. The smallest absolute Gasteiger partial charge is 0.246 e. The van der Waals surface area contributed by atoms with Crippen molar-refractivity contribution in [2.75, 3.05) is 0 Å². The van der Waals surface area contributed by atoms with E-state index in [1.165, 1.54) is 6.20 Å². The standard InChI is InChI=1S/C13H10N2O2/c1-15-8-14-7-10(15)13(16)12-6-9-4-2-3-5-11(9)17-12/h2-8H,1H3. The first-order valence-electron chi connectivity index (χ1n) is 5.25. The lowest BCUT2D eigenvalue weighted by Crippen LogP contribution is -2.05. The summed E-state index contributed by atoms with van der Waals surface area (Å²) < 4.78 is 7.19. The topological polar surface area (TPSA) is 48.0 Å². The van der Waals surface area contributed by atoms with E-state index >= 15 is 0 Å². The van der Waals surface area contributed by atoms with Gasteiger partial charge in [-0.05, 0) is 12.1 Å². The Morgan fingerprint density at radius 1 is 1.35 bits per heavy atom. The highest BCUT2D eigenvalue weighted by atomic mass is 16.3. The quantitative estimate of drug-likeness (QED) is 0.630. The number of furan rings is 1. The molecule has 4 nitrogen and oxygen atoms in total. The Kier molecular flexibility index (Phi) is 2.08. The Bertz CT molecular complexity index is 661. The summed E-state index contributed by atoms with van der Waals surface area (Å²) in [6.45, 7) is 0. The van der Waals surface area contributed by atoms with Crippen LogP contribution in [0.3, 0.4) is 0 Å². The maximum atomic E-state index is 12.1. The third kappa shape index (κ3) is 1.54. The number of nitrogens with zero attached hydrogens (tertiary/aromatic N) is 2. The Morgan fingerprint density at radius 3 is 2.88 bits per heavy atom. The highest BCUT2D eigenvalue weighted by Gasteiger charge is 2.16. The van der Waals surface area contributed by atoms with Crippen LogP contribution in [0, 0.1) is 0 Å². The van der Waals surface area contributed by atoms with E-state index in [-0.39, 0.29) is 5.78 Å². The van der Waals surface area contributed by atoms with Gasteiger partial charge in [-0.3, -0.25) is 4.79 Å². The number of aryl methyl sites for hydroxylation is 1. The van der Waals surface area contributed by atoms with Crippen molar-refractivity contribution in [3.63, 3.8) is 0 Å². The molecule has 0 bridgehead atoms. The molecule has 2 heterocycles. The van der Waals surface area contributed by atoms with Gasteiger partial charge in [0, 0.05) is 12.4 Å². The second-order valence-corrected chi connectivity index (χ2v) is 3.87. The van der Waals surface area contributed by atoms with Crippen LogP contribution in [0.25, 0.3) is 11.0 Å². The molecule has 0 aliphatic rings. The van der Waals surface area contributed by atoms with Gasteiger partial charge in [-0.15, -0.1) is 0 Å². The summed E-state index contributed by atoms with van der Waals surface area (Å²) in [4.78, 5) is 16.1. The summed E-state index contributed by atoms with van der Waals surface area (Å²) in [5.74, 6) is 0.191. The molecule has 4 heteroatoms. The zero-order valence-corrected chi connectivity index (χ0v) is 9.25. The normalized spacial score (nSPS) is 10.9. The molecule has 3 aromatic rings. The van der Waals surface area contributed by atoms with Crippen LogP contribution in [0.4, 0.5) is 0 Å². The summed E-state index contributed by atoms with van der Waals surface area (Å²) in [6.07, 6.45) is 3.13. The molecule has 0 aliphatic heterocycles. The monoisotopic (exact) mass is 226 g/mol. The predicted molar refractivity (Wildman–Crippen MR) is 62.9 cm³/mol. The fraction of sp³-hybridized carbons (Fsp3) is 0.0769. The third-order valence-electron chi connectivity index (χ3n) is 2.70. The highest BCUT2D eigenvalue weighted by molar-refractivity contribution is 6.07. The number of aromatic nitrogens is 2. The minimum absolute atomic E-state index is 0.152. The molecule has 0 spiro atoms. The molecule has 3 rings (SSSR count). The molecule has 0 aliphatic carbocycles. The average Bonchev–Trinajstić information content (AvgIpc) is 2.93. The average molecular weight is 226 g/mol. The number of hydrogen-bond donors (Lipinski definition) is 0. The molecule has 84 valence electrons. The lowest BCUT2D eigenvalue weighted by Gasteiger charge is -1.97. The van der Waals surface area contributed by atoms with E-state index in [4.69, 9.17) is 4.42 Å². The molecule has 0 saturated heterocycles. The third-order valence-corrected chi connectivity index (χ3v) is 2.70. The number of para-hydroxylation sites is 1. The highest BCUT2D eigenvalue weighted by Crippen LogP contribution is 2.20. The van der Waals surface area contributed by atoms with Gasteiger partial charge >= 0.3 is 0 Å². The molecule has 0 radical (unpaired) electrons. The van der Waals surface area contributed by atoms with E-state index < -0.39 is 0 Å². The van der Waals surface area contributed by atoms with Crippen LogP contribution in [0.2, 0.25) is 0 Å². The van der Waals surface area contributed by atoms with Crippen LogP contribution in [-0.4, -0.2) is 15.3 Å². The van der Waals surface area contributed by atoms with Gasteiger partial charge in [-0.2, -0.15) is 0 Å². The van der Waals surface area contributed by atoms with E-state index in [0.717, 1.165) is 11.0 Å². The fourth-order valence-corrected chi connectivity index (χ4v) is 1.80. The van der Waals surface area contributed by atoms with Gasteiger partial charge < -0.3 is 8.98 Å². The summed E-state index contributed by atoms with van der Waals surface area (Å²) in [5, 5.41) is 0.929. The first-order chi connectivity index (χ1) is 8.25. The maximum absolute atomic E-state index is 12.1. The maximum Gasteiger partial charge on any atom is 0.246 e. The Labute approximate surface area is 97.5 Å². The molecule has 17 heavy (non-hydrogen) atoms. The van der Waals surface area contributed by atoms with Gasteiger partial charge in [-0.25, -0.2) is 4.98 Å². The van der Waals surface area contributed by atoms with E-state index in [1.807, 2.05) is 24.3 Å². The van der Waals surface area contributed by atoms with Crippen molar-refractivity contribution in [2.45, 2.75) is 0 Å². The Hall–Kier alpha value is -2.36. The van der Waals surface area contributed by atoms with E-state index in [2.05, 4.69) is 4.98 Å². The molecule has 2 aromatic heterocycles.